The molecule has 2 N–H and O–H groups in total. The average molecular weight is 145 g/mol. The van der Waals surface area contributed by atoms with E-state index < -0.39 is 5.97 Å². The van der Waals surface area contributed by atoms with Crippen molar-refractivity contribution >= 4 is 5.97 Å². The quantitative estimate of drug-likeness (QED) is 0.244. The van der Waals surface area contributed by atoms with Crippen LogP contribution in [0.1, 0.15) is 6.92 Å². The van der Waals surface area contributed by atoms with Gasteiger partial charge in [0.2, 0.25) is 0 Å². The molecule has 0 bridgehead atoms. The molecule has 0 aromatic rings. The summed E-state index contributed by atoms with van der Waals surface area (Å²) < 4.78 is 4.53. The molecule has 4 nitrogen and oxygen atoms in total. The highest BCUT2D eigenvalue weighted by molar-refractivity contribution is 5.86. The summed E-state index contributed by atoms with van der Waals surface area (Å²) in [6.07, 6.45) is 0. The van der Waals surface area contributed by atoms with Gasteiger partial charge in [0, 0.05) is 5.57 Å². The number of hydrogen-bond donors (Lipinski definition) is 2. The van der Waals surface area contributed by atoms with Crippen molar-refractivity contribution < 1.29 is 14.6 Å². The average Bonchev–Trinajstić information content (AvgIpc) is 1.88. The zero-order valence-electron chi connectivity index (χ0n) is 5.89. The molecule has 4 heteroatoms. The van der Waals surface area contributed by atoms with Crippen molar-refractivity contribution in [3.05, 3.63) is 12.2 Å². The molecule has 0 atom stereocenters. The second-order valence-electron chi connectivity index (χ2n) is 1.76. The van der Waals surface area contributed by atoms with Gasteiger partial charge in [-0.25, -0.2) is 4.79 Å². The fourth-order valence-electron chi connectivity index (χ4n) is 0.285. The maximum absolute atomic E-state index is 10.6. The number of aliphatic hydroxyl groups excluding tert-OH is 1. The number of rotatable bonds is 4. The van der Waals surface area contributed by atoms with Crippen LogP contribution in [0.15, 0.2) is 12.2 Å². The van der Waals surface area contributed by atoms with Crippen LogP contribution < -0.4 is 5.32 Å². The van der Waals surface area contributed by atoms with Gasteiger partial charge < -0.3 is 9.84 Å². The predicted molar refractivity (Wildman–Crippen MR) is 36.0 cm³/mol. The minimum absolute atomic E-state index is 0.0161. The summed E-state index contributed by atoms with van der Waals surface area (Å²) in [4.78, 5) is 10.6. The van der Waals surface area contributed by atoms with Crippen LogP contribution in [0.4, 0.5) is 0 Å². The third kappa shape index (κ3) is 4.05. The molecule has 0 aromatic carbocycles. The van der Waals surface area contributed by atoms with Gasteiger partial charge in [-0.15, -0.1) is 0 Å². The Kier molecular flexibility index (Phi) is 4.53. The van der Waals surface area contributed by atoms with Crippen LogP contribution in [-0.4, -0.2) is 24.5 Å². The summed E-state index contributed by atoms with van der Waals surface area (Å²) in [6.45, 7) is 4.74. The monoisotopic (exact) mass is 145 g/mol. The van der Waals surface area contributed by atoms with Crippen molar-refractivity contribution in [2.75, 3.05) is 13.5 Å². The van der Waals surface area contributed by atoms with Crippen LogP contribution in [0, 0.1) is 0 Å². The second kappa shape index (κ2) is 4.96. The SMILES string of the molecule is C=C(C)C(=O)OCNCO. The Bertz CT molecular complexity index is 133. The Balaban J connectivity index is 3.31. The summed E-state index contributed by atoms with van der Waals surface area (Å²) in [5.41, 5.74) is 0.347. The minimum Gasteiger partial charge on any atom is -0.446 e. The molecule has 0 aromatic heterocycles. The van der Waals surface area contributed by atoms with Crippen molar-refractivity contribution in [3.8, 4) is 0 Å². The third-order valence-electron chi connectivity index (χ3n) is 0.766. The van der Waals surface area contributed by atoms with Gasteiger partial charge in [-0.05, 0) is 6.92 Å². The number of nitrogens with one attached hydrogen (secondary N) is 1. The molecule has 0 fully saturated rings. The molecule has 0 unspecified atom stereocenters. The number of carbonyl (C=O) groups excluding carboxylic acids is 1. The van der Waals surface area contributed by atoms with Gasteiger partial charge in [-0.2, -0.15) is 0 Å². The Morgan fingerprint density at radius 2 is 2.40 bits per heavy atom. The molecule has 10 heavy (non-hydrogen) atoms. The highest BCUT2D eigenvalue weighted by Crippen LogP contribution is 1.89. The van der Waals surface area contributed by atoms with E-state index >= 15 is 0 Å². The zero-order chi connectivity index (χ0) is 7.98. The van der Waals surface area contributed by atoms with E-state index in [9.17, 15) is 4.79 Å². The van der Waals surface area contributed by atoms with Gasteiger partial charge >= 0.3 is 5.97 Å². The maximum atomic E-state index is 10.6. The molecule has 58 valence electrons. The van der Waals surface area contributed by atoms with Crippen molar-refractivity contribution in [1.29, 1.82) is 0 Å². The lowest BCUT2D eigenvalue weighted by atomic mass is 10.4. The van der Waals surface area contributed by atoms with E-state index in [-0.39, 0.29) is 13.5 Å². The summed E-state index contributed by atoms with van der Waals surface area (Å²) >= 11 is 0. The number of carbonyl (C=O) groups is 1. The molecule has 0 saturated heterocycles. The lowest BCUT2D eigenvalue weighted by Gasteiger charge is -2.02. The topological polar surface area (TPSA) is 58.6 Å². The molecule has 0 aliphatic heterocycles. The Morgan fingerprint density at radius 3 is 2.80 bits per heavy atom. The summed E-state index contributed by atoms with van der Waals surface area (Å²) in [7, 11) is 0. The number of aliphatic hydroxyl groups is 1. The zero-order valence-corrected chi connectivity index (χ0v) is 5.89. The molecular weight excluding hydrogens is 134 g/mol. The third-order valence-corrected chi connectivity index (χ3v) is 0.766. The van der Waals surface area contributed by atoms with Crippen LogP contribution in [0.2, 0.25) is 0 Å². The van der Waals surface area contributed by atoms with Crippen molar-refractivity contribution in [2.24, 2.45) is 0 Å². The first kappa shape index (κ1) is 9.13. The van der Waals surface area contributed by atoms with E-state index in [0.717, 1.165) is 0 Å². The van der Waals surface area contributed by atoms with Gasteiger partial charge in [0.15, 0.2) is 0 Å². The van der Waals surface area contributed by atoms with Crippen LogP contribution in [0.3, 0.4) is 0 Å². The van der Waals surface area contributed by atoms with E-state index in [1.807, 2.05) is 0 Å². The highest BCUT2D eigenvalue weighted by atomic mass is 16.5. The fraction of sp³-hybridized carbons (Fsp3) is 0.500. The lowest BCUT2D eigenvalue weighted by molar-refractivity contribution is -0.140. The molecule has 0 heterocycles. The molecule has 0 aliphatic carbocycles. The first-order chi connectivity index (χ1) is 4.68. The standard InChI is InChI=1S/C6H11NO3/c1-5(2)6(9)10-4-7-3-8/h7-8H,1,3-4H2,2H3. The van der Waals surface area contributed by atoms with Crippen LogP contribution >= 0.6 is 0 Å². The summed E-state index contributed by atoms with van der Waals surface area (Å²) in [5, 5.41) is 10.6. The van der Waals surface area contributed by atoms with Crippen molar-refractivity contribution in [2.45, 2.75) is 6.92 Å². The molecule has 0 rings (SSSR count). The van der Waals surface area contributed by atoms with Crippen LogP contribution in [0.5, 0.6) is 0 Å². The van der Waals surface area contributed by atoms with Crippen molar-refractivity contribution in [3.63, 3.8) is 0 Å². The van der Waals surface area contributed by atoms with E-state index in [1.54, 1.807) is 6.92 Å². The van der Waals surface area contributed by atoms with E-state index in [1.165, 1.54) is 0 Å². The van der Waals surface area contributed by atoms with E-state index in [2.05, 4.69) is 16.6 Å². The van der Waals surface area contributed by atoms with Gasteiger partial charge in [0.25, 0.3) is 0 Å². The first-order valence-electron chi connectivity index (χ1n) is 2.82. The molecule has 0 amide bonds. The number of ether oxygens (including phenoxy) is 1. The van der Waals surface area contributed by atoms with E-state index in [0.29, 0.717) is 5.57 Å². The van der Waals surface area contributed by atoms with Crippen LogP contribution in [0.25, 0.3) is 0 Å². The normalized spacial score (nSPS) is 9.00. The molecule has 0 saturated carbocycles. The highest BCUT2D eigenvalue weighted by Gasteiger charge is 2.00. The molecule has 0 aliphatic rings. The molecule has 0 spiro atoms. The summed E-state index contributed by atoms with van der Waals surface area (Å²) in [5.74, 6) is -0.457. The predicted octanol–water partition coefficient (Wildman–Crippen LogP) is -0.397. The largest absolute Gasteiger partial charge is 0.446 e. The van der Waals surface area contributed by atoms with Gasteiger partial charge in [0.1, 0.15) is 6.73 Å². The van der Waals surface area contributed by atoms with Gasteiger partial charge in [-0.1, -0.05) is 6.58 Å². The van der Waals surface area contributed by atoms with E-state index in [4.69, 9.17) is 5.11 Å². The van der Waals surface area contributed by atoms with Gasteiger partial charge in [-0.3, -0.25) is 5.32 Å². The fourth-order valence-corrected chi connectivity index (χ4v) is 0.285. The smallest absolute Gasteiger partial charge is 0.334 e. The summed E-state index contributed by atoms with van der Waals surface area (Å²) in [6, 6.07) is 0. The minimum atomic E-state index is -0.457. The maximum Gasteiger partial charge on any atom is 0.334 e. The molecule has 0 radical (unpaired) electrons. The Morgan fingerprint density at radius 1 is 1.80 bits per heavy atom. The van der Waals surface area contributed by atoms with Crippen molar-refractivity contribution in [1.82, 2.24) is 5.32 Å². The Labute approximate surface area is 59.5 Å². The molecular formula is C6H11NO3. The first-order valence-corrected chi connectivity index (χ1v) is 2.82. The second-order valence-corrected chi connectivity index (χ2v) is 1.76. The number of esters is 1. The van der Waals surface area contributed by atoms with Gasteiger partial charge in [0.05, 0.1) is 6.73 Å². The lowest BCUT2D eigenvalue weighted by Crippen LogP contribution is -2.21. The van der Waals surface area contributed by atoms with Crippen LogP contribution in [-0.2, 0) is 9.53 Å². The Hall–Kier alpha value is -0.870. The number of hydrogen-bond acceptors (Lipinski definition) is 4.